The predicted molar refractivity (Wildman–Crippen MR) is 76.4 cm³/mol. The van der Waals surface area contributed by atoms with Crippen molar-refractivity contribution in [2.24, 2.45) is 7.05 Å². The SMILES string of the molecule is CCOC(=O)Cc1c(S(C)(=O)=O)c2ccccc2n1C. The second-order valence-electron chi connectivity index (χ2n) is 4.61. The Labute approximate surface area is 118 Å². The maximum atomic E-state index is 12.1. The topological polar surface area (TPSA) is 65.4 Å². The first-order valence-corrected chi connectivity index (χ1v) is 8.17. The van der Waals surface area contributed by atoms with Crippen LogP contribution in [0.4, 0.5) is 0 Å². The molecule has 0 spiro atoms. The fourth-order valence-electron chi connectivity index (χ4n) is 2.37. The third-order valence-electron chi connectivity index (χ3n) is 3.16. The van der Waals surface area contributed by atoms with E-state index < -0.39 is 15.8 Å². The van der Waals surface area contributed by atoms with Crippen molar-refractivity contribution in [1.29, 1.82) is 0 Å². The zero-order valence-corrected chi connectivity index (χ0v) is 12.5. The van der Waals surface area contributed by atoms with Gasteiger partial charge in [0.2, 0.25) is 0 Å². The molecule has 20 heavy (non-hydrogen) atoms. The number of para-hydroxylation sites is 1. The molecule has 2 aromatic rings. The van der Waals surface area contributed by atoms with E-state index in [0.717, 1.165) is 11.8 Å². The zero-order valence-electron chi connectivity index (χ0n) is 11.7. The van der Waals surface area contributed by atoms with Crippen LogP contribution in [-0.2, 0) is 32.8 Å². The van der Waals surface area contributed by atoms with Crippen LogP contribution < -0.4 is 0 Å². The first-order valence-electron chi connectivity index (χ1n) is 6.28. The molecule has 0 amide bonds. The van der Waals surface area contributed by atoms with Crippen LogP contribution in [0.1, 0.15) is 12.6 Å². The van der Waals surface area contributed by atoms with Gasteiger partial charge in [-0.2, -0.15) is 0 Å². The Kier molecular flexibility index (Phi) is 3.85. The smallest absolute Gasteiger partial charge is 0.311 e. The average molecular weight is 295 g/mol. The number of carbonyl (C=O) groups is 1. The average Bonchev–Trinajstić information content (AvgIpc) is 2.63. The molecule has 0 N–H and O–H groups in total. The van der Waals surface area contributed by atoms with E-state index in [2.05, 4.69) is 0 Å². The minimum absolute atomic E-state index is 0.0541. The van der Waals surface area contributed by atoms with E-state index >= 15 is 0 Å². The van der Waals surface area contributed by atoms with E-state index in [0.29, 0.717) is 11.1 Å². The number of carbonyl (C=O) groups excluding carboxylic acids is 1. The number of hydrogen-bond donors (Lipinski definition) is 0. The molecule has 108 valence electrons. The van der Waals surface area contributed by atoms with Crippen molar-refractivity contribution in [2.75, 3.05) is 12.9 Å². The van der Waals surface area contributed by atoms with Crippen molar-refractivity contribution in [2.45, 2.75) is 18.2 Å². The molecule has 1 heterocycles. The maximum absolute atomic E-state index is 12.1. The molecule has 0 aliphatic rings. The third-order valence-corrected chi connectivity index (χ3v) is 4.36. The highest BCUT2D eigenvalue weighted by Crippen LogP contribution is 2.29. The fraction of sp³-hybridized carbons (Fsp3) is 0.357. The van der Waals surface area contributed by atoms with Crippen molar-refractivity contribution in [3.63, 3.8) is 0 Å². The Morgan fingerprint density at radius 2 is 1.95 bits per heavy atom. The van der Waals surface area contributed by atoms with Crippen molar-refractivity contribution >= 4 is 26.7 Å². The number of fused-ring (bicyclic) bond motifs is 1. The lowest BCUT2D eigenvalue weighted by atomic mass is 10.2. The molecule has 0 saturated carbocycles. The van der Waals surface area contributed by atoms with Crippen molar-refractivity contribution in [3.8, 4) is 0 Å². The third kappa shape index (κ3) is 2.56. The zero-order chi connectivity index (χ0) is 14.9. The van der Waals surface area contributed by atoms with E-state index in [-0.39, 0.29) is 17.9 Å². The van der Waals surface area contributed by atoms with Crippen molar-refractivity contribution in [1.82, 2.24) is 4.57 Å². The lowest BCUT2D eigenvalue weighted by molar-refractivity contribution is -0.142. The summed E-state index contributed by atoms with van der Waals surface area (Å²) in [6.45, 7) is 1.99. The van der Waals surface area contributed by atoms with Crippen LogP contribution >= 0.6 is 0 Å². The quantitative estimate of drug-likeness (QED) is 0.805. The summed E-state index contributed by atoms with van der Waals surface area (Å²) in [6, 6.07) is 7.20. The molecule has 0 fully saturated rings. The lowest BCUT2D eigenvalue weighted by Crippen LogP contribution is -2.13. The Hall–Kier alpha value is -1.82. The first-order chi connectivity index (χ1) is 9.36. The standard InChI is InChI=1S/C14H17NO4S/c1-4-19-13(16)9-12-14(20(3,17)18)10-7-5-6-8-11(10)15(12)2/h5-8H,4,9H2,1-3H3. The summed E-state index contributed by atoms with van der Waals surface area (Å²) in [6.07, 6.45) is 1.10. The molecule has 0 bridgehead atoms. The highest BCUT2D eigenvalue weighted by molar-refractivity contribution is 7.91. The molecule has 0 saturated heterocycles. The number of benzene rings is 1. The highest BCUT2D eigenvalue weighted by atomic mass is 32.2. The summed E-state index contributed by atoms with van der Waals surface area (Å²) < 4.78 is 30.8. The molecule has 6 heteroatoms. The summed E-state index contributed by atoms with van der Waals surface area (Å²) in [5.74, 6) is -0.427. The Morgan fingerprint density at radius 3 is 2.55 bits per heavy atom. The van der Waals surface area contributed by atoms with E-state index in [1.54, 1.807) is 30.7 Å². The number of ether oxygens (including phenoxy) is 1. The maximum Gasteiger partial charge on any atom is 0.311 e. The lowest BCUT2D eigenvalue weighted by Gasteiger charge is -2.06. The molecule has 0 radical (unpaired) electrons. The van der Waals surface area contributed by atoms with Gasteiger partial charge >= 0.3 is 5.97 Å². The normalized spacial score (nSPS) is 11.8. The van der Waals surface area contributed by atoms with E-state index in [9.17, 15) is 13.2 Å². The van der Waals surface area contributed by atoms with Crippen LogP contribution in [0.5, 0.6) is 0 Å². The molecule has 0 aliphatic carbocycles. The second-order valence-corrected chi connectivity index (χ2v) is 6.56. The van der Waals surface area contributed by atoms with Gasteiger partial charge in [-0.25, -0.2) is 8.42 Å². The molecular weight excluding hydrogens is 278 g/mol. The van der Waals surface area contributed by atoms with Gasteiger partial charge in [0.05, 0.1) is 17.9 Å². The number of esters is 1. The van der Waals surface area contributed by atoms with E-state index in [1.165, 1.54) is 0 Å². The number of nitrogens with zero attached hydrogens (tertiary/aromatic N) is 1. The molecule has 2 rings (SSSR count). The summed E-state index contributed by atoms with van der Waals surface area (Å²) in [7, 11) is -1.67. The van der Waals surface area contributed by atoms with Gasteiger partial charge in [0, 0.05) is 29.9 Å². The second kappa shape index (κ2) is 5.28. The van der Waals surface area contributed by atoms with Crippen LogP contribution in [0.25, 0.3) is 10.9 Å². The molecule has 1 aromatic carbocycles. The monoisotopic (exact) mass is 295 g/mol. The number of aryl methyl sites for hydroxylation is 1. The first kappa shape index (κ1) is 14.6. The van der Waals surface area contributed by atoms with Gasteiger partial charge in [0.15, 0.2) is 9.84 Å². The number of sulfone groups is 1. The number of aromatic nitrogens is 1. The van der Waals surface area contributed by atoms with Gasteiger partial charge < -0.3 is 9.30 Å². The van der Waals surface area contributed by atoms with Crippen LogP contribution in [0.3, 0.4) is 0 Å². The molecule has 0 atom stereocenters. The number of hydrogen-bond acceptors (Lipinski definition) is 4. The Balaban J connectivity index is 2.69. The minimum Gasteiger partial charge on any atom is -0.466 e. The molecule has 0 unspecified atom stereocenters. The molecular formula is C14H17NO4S. The van der Waals surface area contributed by atoms with Gasteiger partial charge in [-0.3, -0.25) is 4.79 Å². The summed E-state index contributed by atoms with van der Waals surface area (Å²) >= 11 is 0. The van der Waals surface area contributed by atoms with Crippen molar-refractivity contribution < 1.29 is 17.9 Å². The highest BCUT2D eigenvalue weighted by Gasteiger charge is 2.24. The Bertz CT molecular complexity index is 759. The van der Waals surface area contributed by atoms with Crippen molar-refractivity contribution in [3.05, 3.63) is 30.0 Å². The van der Waals surface area contributed by atoms with Crippen LogP contribution in [-0.4, -0.2) is 31.8 Å². The Morgan fingerprint density at radius 1 is 1.30 bits per heavy atom. The molecule has 0 aliphatic heterocycles. The van der Waals surface area contributed by atoms with Gasteiger partial charge in [-0.1, -0.05) is 18.2 Å². The largest absolute Gasteiger partial charge is 0.466 e. The summed E-state index contributed by atoms with van der Waals surface area (Å²) in [4.78, 5) is 11.9. The summed E-state index contributed by atoms with van der Waals surface area (Å²) in [5.41, 5.74) is 1.25. The minimum atomic E-state index is -3.43. The molecule has 5 nitrogen and oxygen atoms in total. The van der Waals surface area contributed by atoms with Crippen LogP contribution in [0.2, 0.25) is 0 Å². The molecule has 1 aromatic heterocycles. The fourth-order valence-corrected chi connectivity index (χ4v) is 3.58. The van der Waals surface area contributed by atoms with Crippen LogP contribution in [0, 0.1) is 0 Å². The van der Waals surface area contributed by atoms with E-state index in [4.69, 9.17) is 4.74 Å². The van der Waals surface area contributed by atoms with E-state index in [1.807, 2.05) is 12.1 Å². The van der Waals surface area contributed by atoms with Crippen LogP contribution in [0.15, 0.2) is 29.2 Å². The number of rotatable bonds is 4. The van der Waals surface area contributed by atoms with Gasteiger partial charge in [0.25, 0.3) is 0 Å². The van der Waals surface area contributed by atoms with Gasteiger partial charge in [0.1, 0.15) is 0 Å². The van der Waals surface area contributed by atoms with Gasteiger partial charge in [-0.05, 0) is 13.0 Å². The summed E-state index contributed by atoms with van der Waals surface area (Å²) in [5, 5.41) is 0.636. The predicted octanol–water partition coefficient (Wildman–Crippen LogP) is 1.69. The van der Waals surface area contributed by atoms with Gasteiger partial charge in [-0.15, -0.1) is 0 Å².